The van der Waals surface area contributed by atoms with E-state index < -0.39 is 11.9 Å². The molecule has 0 amide bonds. The van der Waals surface area contributed by atoms with Gasteiger partial charge in [-0.15, -0.1) is 0 Å². The first-order chi connectivity index (χ1) is 11.0. The molecule has 0 unspecified atom stereocenters. The Morgan fingerprint density at radius 2 is 1.13 bits per heavy atom. The first-order valence-electron chi connectivity index (χ1n) is 8.30. The van der Waals surface area contributed by atoms with Gasteiger partial charge in [-0.3, -0.25) is 0 Å². The molecule has 0 aromatic heterocycles. The van der Waals surface area contributed by atoms with Gasteiger partial charge in [-0.2, -0.15) is 0 Å². The monoisotopic (exact) mass is 326 g/mol. The first kappa shape index (κ1) is 21.4. The fraction of sp³-hybridized carbons (Fsp3) is 0.667. The second-order valence-corrected chi connectivity index (χ2v) is 5.39. The van der Waals surface area contributed by atoms with Crippen molar-refractivity contribution in [3.05, 3.63) is 24.3 Å². The lowest BCUT2D eigenvalue weighted by atomic mass is 10.2. The van der Waals surface area contributed by atoms with E-state index in [-0.39, 0.29) is 24.4 Å². The predicted molar refractivity (Wildman–Crippen MR) is 90.1 cm³/mol. The summed E-state index contributed by atoms with van der Waals surface area (Å²) < 4.78 is 15.4. The molecule has 0 aliphatic carbocycles. The minimum absolute atomic E-state index is 0.00868. The van der Waals surface area contributed by atoms with E-state index in [0.717, 1.165) is 38.5 Å². The molecule has 0 saturated heterocycles. The molecule has 5 nitrogen and oxygen atoms in total. The number of unbranched alkanes of at least 4 members (excludes halogenated alkanes) is 4. The van der Waals surface area contributed by atoms with Crippen LogP contribution >= 0.6 is 0 Å². The molecule has 0 aromatic carbocycles. The number of rotatable bonds is 14. The summed E-state index contributed by atoms with van der Waals surface area (Å²) in [6, 6.07) is 0. The molecule has 0 atom stereocenters. The topological polar surface area (TPSA) is 61.8 Å². The Bertz CT molecular complexity index is 351. The fourth-order valence-electron chi connectivity index (χ4n) is 1.65. The van der Waals surface area contributed by atoms with Gasteiger partial charge < -0.3 is 14.2 Å². The number of hydrogen-bond acceptors (Lipinski definition) is 5. The Balaban J connectivity index is 3.78. The van der Waals surface area contributed by atoms with Crippen molar-refractivity contribution >= 4 is 11.9 Å². The highest BCUT2D eigenvalue weighted by atomic mass is 16.5. The molecule has 0 rings (SSSR count). The summed E-state index contributed by atoms with van der Waals surface area (Å²) in [6.45, 7) is 12.2. The highest BCUT2D eigenvalue weighted by molar-refractivity contribution is 5.88. The van der Waals surface area contributed by atoms with Gasteiger partial charge in [-0.1, -0.05) is 52.7 Å². The quantitative estimate of drug-likeness (QED) is 0.277. The Labute approximate surface area is 139 Å². The highest BCUT2D eigenvalue weighted by Crippen LogP contribution is 2.03. The van der Waals surface area contributed by atoms with E-state index in [1.54, 1.807) is 0 Å². The van der Waals surface area contributed by atoms with Gasteiger partial charge in [0, 0.05) is 0 Å². The van der Waals surface area contributed by atoms with Gasteiger partial charge in [0.05, 0.1) is 37.6 Å². The summed E-state index contributed by atoms with van der Waals surface area (Å²) in [6.07, 6.45) is 5.87. The van der Waals surface area contributed by atoms with Crippen LogP contribution in [-0.2, 0) is 23.8 Å². The van der Waals surface area contributed by atoms with Crippen LogP contribution in [0.2, 0.25) is 0 Å². The van der Waals surface area contributed by atoms with Crippen molar-refractivity contribution in [1.29, 1.82) is 0 Å². The van der Waals surface area contributed by atoms with Gasteiger partial charge in [-0.25, -0.2) is 9.59 Å². The van der Waals surface area contributed by atoms with E-state index in [1.165, 1.54) is 0 Å². The molecule has 0 aliphatic rings. The van der Waals surface area contributed by atoms with Crippen LogP contribution in [0, 0.1) is 0 Å². The van der Waals surface area contributed by atoms with Crippen LogP contribution in [0.3, 0.4) is 0 Å². The lowest BCUT2D eigenvalue weighted by Gasteiger charge is -2.09. The molecule has 0 aromatic rings. The van der Waals surface area contributed by atoms with Gasteiger partial charge in [0.25, 0.3) is 0 Å². The first-order valence-corrected chi connectivity index (χ1v) is 8.30. The normalized spacial score (nSPS) is 10.2. The maximum Gasteiger partial charge on any atom is 0.335 e. The SMILES string of the molecule is C=C(COCC(=C)C(=O)OCCCCC)C(=O)OCCCCC. The number of carbonyl (C=O) groups excluding carboxylic acids is 2. The lowest BCUT2D eigenvalue weighted by Crippen LogP contribution is -2.16. The van der Waals surface area contributed by atoms with Crippen molar-refractivity contribution in [2.75, 3.05) is 26.4 Å². The van der Waals surface area contributed by atoms with E-state index in [0.29, 0.717) is 13.2 Å². The van der Waals surface area contributed by atoms with Crippen LogP contribution < -0.4 is 0 Å². The van der Waals surface area contributed by atoms with E-state index in [2.05, 4.69) is 27.0 Å². The van der Waals surface area contributed by atoms with Crippen molar-refractivity contribution in [2.45, 2.75) is 52.4 Å². The smallest absolute Gasteiger partial charge is 0.335 e. The third-order valence-corrected chi connectivity index (χ3v) is 3.09. The Hall–Kier alpha value is -1.62. The summed E-state index contributed by atoms with van der Waals surface area (Å²) >= 11 is 0. The second kappa shape index (κ2) is 14.0. The molecule has 132 valence electrons. The summed E-state index contributed by atoms with van der Waals surface area (Å²) in [4.78, 5) is 23.2. The van der Waals surface area contributed by atoms with E-state index in [1.807, 2.05) is 0 Å². The van der Waals surface area contributed by atoms with Crippen molar-refractivity contribution in [1.82, 2.24) is 0 Å². The van der Waals surface area contributed by atoms with Crippen LogP contribution in [0.25, 0.3) is 0 Å². The molecule has 0 saturated carbocycles. The van der Waals surface area contributed by atoms with Gasteiger partial charge in [0.15, 0.2) is 0 Å². The number of hydrogen-bond donors (Lipinski definition) is 0. The zero-order chi connectivity index (χ0) is 17.5. The molecule has 0 heterocycles. The minimum atomic E-state index is -0.464. The van der Waals surface area contributed by atoms with Crippen molar-refractivity contribution < 1.29 is 23.8 Å². The second-order valence-electron chi connectivity index (χ2n) is 5.39. The molecule has 0 N–H and O–H groups in total. The molecule has 5 heteroatoms. The van der Waals surface area contributed by atoms with Crippen molar-refractivity contribution in [3.8, 4) is 0 Å². The molecule has 0 aliphatic heterocycles. The van der Waals surface area contributed by atoms with Crippen LogP contribution in [0.5, 0.6) is 0 Å². The lowest BCUT2D eigenvalue weighted by molar-refractivity contribution is -0.139. The van der Waals surface area contributed by atoms with Crippen LogP contribution in [0.1, 0.15) is 52.4 Å². The summed E-state index contributed by atoms with van der Waals surface area (Å²) in [5.41, 5.74) is 0.455. The standard InChI is InChI=1S/C18H30O5/c1-5-7-9-11-22-17(19)15(3)13-21-14-16(4)18(20)23-12-10-8-6-2/h3-14H2,1-2H3. The average Bonchev–Trinajstić information content (AvgIpc) is 2.54. The van der Waals surface area contributed by atoms with Crippen molar-refractivity contribution in [3.63, 3.8) is 0 Å². The van der Waals surface area contributed by atoms with Gasteiger partial charge in [-0.05, 0) is 12.8 Å². The zero-order valence-electron chi connectivity index (χ0n) is 14.5. The van der Waals surface area contributed by atoms with Gasteiger partial charge >= 0.3 is 11.9 Å². The Morgan fingerprint density at radius 3 is 1.48 bits per heavy atom. The van der Waals surface area contributed by atoms with Crippen LogP contribution in [0.15, 0.2) is 24.3 Å². The molecular weight excluding hydrogens is 296 g/mol. The molecule has 0 spiro atoms. The maximum atomic E-state index is 11.6. The molecular formula is C18H30O5. The largest absolute Gasteiger partial charge is 0.462 e. The Kier molecular flexibility index (Phi) is 13.0. The summed E-state index contributed by atoms with van der Waals surface area (Å²) in [7, 11) is 0. The van der Waals surface area contributed by atoms with E-state index >= 15 is 0 Å². The molecule has 0 radical (unpaired) electrons. The highest BCUT2D eigenvalue weighted by Gasteiger charge is 2.12. The number of ether oxygens (including phenoxy) is 3. The maximum absolute atomic E-state index is 11.6. The summed E-state index contributed by atoms with van der Waals surface area (Å²) in [5.74, 6) is -0.928. The molecule has 23 heavy (non-hydrogen) atoms. The summed E-state index contributed by atoms with van der Waals surface area (Å²) in [5, 5.41) is 0. The fourth-order valence-corrected chi connectivity index (χ4v) is 1.65. The Morgan fingerprint density at radius 1 is 0.739 bits per heavy atom. The van der Waals surface area contributed by atoms with Crippen LogP contribution in [0.4, 0.5) is 0 Å². The van der Waals surface area contributed by atoms with Crippen LogP contribution in [-0.4, -0.2) is 38.4 Å². The van der Waals surface area contributed by atoms with E-state index in [4.69, 9.17) is 14.2 Å². The van der Waals surface area contributed by atoms with Gasteiger partial charge in [0.2, 0.25) is 0 Å². The molecule has 0 bridgehead atoms. The molecule has 0 fully saturated rings. The number of carbonyl (C=O) groups is 2. The minimum Gasteiger partial charge on any atom is -0.462 e. The zero-order valence-corrected chi connectivity index (χ0v) is 14.5. The third kappa shape index (κ3) is 11.6. The van der Waals surface area contributed by atoms with Gasteiger partial charge in [0.1, 0.15) is 0 Å². The number of esters is 2. The predicted octanol–water partition coefficient (Wildman–Crippen LogP) is 3.58. The van der Waals surface area contributed by atoms with E-state index in [9.17, 15) is 9.59 Å². The average molecular weight is 326 g/mol. The third-order valence-electron chi connectivity index (χ3n) is 3.09. The van der Waals surface area contributed by atoms with Crippen molar-refractivity contribution in [2.24, 2.45) is 0 Å².